The van der Waals surface area contributed by atoms with Crippen molar-refractivity contribution in [3.05, 3.63) is 59.5 Å². The second-order valence-electron chi connectivity index (χ2n) is 7.09. The molecule has 0 saturated carbocycles. The van der Waals surface area contributed by atoms with Crippen LogP contribution in [0, 0.1) is 13.8 Å². The standard InChI is InChI=1S/C20H23N5O3/c1-13-12-17(24-28-13)21-19(26)18(15-6-4-3-5-7-15)25-10-8-16(9-11-25)20-23-22-14(2)27-20/h3-7,12,16,18H,8-11H2,1-2H3,(H,21,24,26). The molecule has 3 aromatic rings. The third-order valence-corrected chi connectivity index (χ3v) is 5.03. The zero-order chi connectivity index (χ0) is 19.5. The summed E-state index contributed by atoms with van der Waals surface area (Å²) in [5.74, 6) is 2.47. The van der Waals surface area contributed by atoms with E-state index < -0.39 is 6.04 Å². The van der Waals surface area contributed by atoms with Crippen LogP contribution in [0.15, 0.2) is 45.3 Å². The summed E-state index contributed by atoms with van der Waals surface area (Å²) in [5.41, 5.74) is 0.951. The Morgan fingerprint density at radius 1 is 1.18 bits per heavy atom. The number of rotatable bonds is 5. The van der Waals surface area contributed by atoms with Gasteiger partial charge in [-0.25, -0.2) is 0 Å². The van der Waals surface area contributed by atoms with Crippen LogP contribution >= 0.6 is 0 Å². The number of amides is 1. The highest BCUT2D eigenvalue weighted by atomic mass is 16.5. The summed E-state index contributed by atoms with van der Waals surface area (Å²) >= 11 is 0. The number of aryl methyl sites for hydroxylation is 2. The van der Waals surface area contributed by atoms with Crippen molar-refractivity contribution in [1.82, 2.24) is 20.3 Å². The molecule has 146 valence electrons. The van der Waals surface area contributed by atoms with E-state index in [0.29, 0.717) is 23.4 Å². The molecule has 8 nitrogen and oxygen atoms in total. The molecule has 4 rings (SSSR count). The van der Waals surface area contributed by atoms with Crippen molar-refractivity contribution in [2.24, 2.45) is 0 Å². The highest BCUT2D eigenvalue weighted by molar-refractivity contribution is 5.94. The fourth-order valence-corrected chi connectivity index (χ4v) is 3.66. The third kappa shape index (κ3) is 3.96. The molecule has 1 fully saturated rings. The molecular weight excluding hydrogens is 358 g/mol. The van der Waals surface area contributed by atoms with Gasteiger partial charge in [0.15, 0.2) is 5.82 Å². The van der Waals surface area contributed by atoms with Gasteiger partial charge < -0.3 is 14.3 Å². The van der Waals surface area contributed by atoms with Crippen LogP contribution in [-0.2, 0) is 4.79 Å². The Morgan fingerprint density at radius 3 is 2.54 bits per heavy atom. The van der Waals surface area contributed by atoms with E-state index in [0.717, 1.165) is 31.5 Å². The predicted octanol–water partition coefficient (Wildman–Crippen LogP) is 3.23. The van der Waals surface area contributed by atoms with Gasteiger partial charge in [0, 0.05) is 18.9 Å². The normalized spacial score (nSPS) is 16.8. The first kappa shape index (κ1) is 18.4. The predicted molar refractivity (Wildman–Crippen MR) is 102 cm³/mol. The van der Waals surface area contributed by atoms with E-state index in [4.69, 9.17) is 8.94 Å². The smallest absolute Gasteiger partial charge is 0.247 e. The van der Waals surface area contributed by atoms with Gasteiger partial charge in [-0.05, 0) is 38.4 Å². The summed E-state index contributed by atoms with van der Waals surface area (Å²) in [6.45, 7) is 5.11. The molecule has 1 unspecified atom stereocenters. The summed E-state index contributed by atoms with van der Waals surface area (Å²) in [6, 6.07) is 11.1. The lowest BCUT2D eigenvalue weighted by molar-refractivity contribution is -0.122. The molecule has 8 heteroatoms. The lowest BCUT2D eigenvalue weighted by Gasteiger charge is -2.36. The Morgan fingerprint density at radius 2 is 1.93 bits per heavy atom. The molecule has 0 radical (unpaired) electrons. The molecule has 1 aromatic carbocycles. The Balaban J connectivity index is 1.50. The molecule has 1 amide bonds. The van der Waals surface area contributed by atoms with E-state index in [1.807, 2.05) is 30.3 Å². The first-order chi connectivity index (χ1) is 13.6. The van der Waals surface area contributed by atoms with Crippen LogP contribution in [0.5, 0.6) is 0 Å². The zero-order valence-electron chi connectivity index (χ0n) is 16.0. The lowest BCUT2D eigenvalue weighted by atomic mass is 9.94. The average Bonchev–Trinajstić information content (AvgIpc) is 3.31. The molecule has 1 saturated heterocycles. The number of nitrogens with zero attached hydrogens (tertiary/aromatic N) is 4. The van der Waals surface area contributed by atoms with Crippen LogP contribution in [0.3, 0.4) is 0 Å². The van der Waals surface area contributed by atoms with Crippen molar-refractivity contribution in [2.45, 2.75) is 38.6 Å². The van der Waals surface area contributed by atoms with E-state index in [-0.39, 0.29) is 11.8 Å². The summed E-state index contributed by atoms with van der Waals surface area (Å²) < 4.78 is 10.7. The first-order valence-electron chi connectivity index (χ1n) is 9.43. The lowest BCUT2D eigenvalue weighted by Crippen LogP contribution is -2.41. The minimum Gasteiger partial charge on any atom is -0.425 e. The molecule has 28 heavy (non-hydrogen) atoms. The van der Waals surface area contributed by atoms with Gasteiger partial charge in [0.2, 0.25) is 17.7 Å². The van der Waals surface area contributed by atoms with Crippen LogP contribution in [0.1, 0.15) is 47.9 Å². The molecule has 0 bridgehead atoms. The van der Waals surface area contributed by atoms with Crippen molar-refractivity contribution < 1.29 is 13.7 Å². The quantitative estimate of drug-likeness (QED) is 0.724. The van der Waals surface area contributed by atoms with Gasteiger partial charge in [-0.3, -0.25) is 9.69 Å². The molecule has 1 N–H and O–H groups in total. The molecule has 0 aliphatic carbocycles. The molecule has 2 aromatic heterocycles. The maximum absolute atomic E-state index is 13.1. The molecule has 3 heterocycles. The van der Waals surface area contributed by atoms with Crippen LogP contribution in [0.2, 0.25) is 0 Å². The number of likely N-dealkylation sites (tertiary alicyclic amines) is 1. The Hall–Kier alpha value is -3.00. The molecule has 1 atom stereocenters. The number of anilines is 1. The van der Waals surface area contributed by atoms with E-state index >= 15 is 0 Å². The molecule has 1 aliphatic rings. The van der Waals surface area contributed by atoms with Crippen molar-refractivity contribution in [1.29, 1.82) is 0 Å². The second-order valence-corrected chi connectivity index (χ2v) is 7.09. The van der Waals surface area contributed by atoms with Gasteiger partial charge in [-0.2, -0.15) is 0 Å². The zero-order valence-corrected chi connectivity index (χ0v) is 16.0. The van der Waals surface area contributed by atoms with E-state index in [1.54, 1.807) is 19.9 Å². The number of carbonyl (C=O) groups excluding carboxylic acids is 1. The fourth-order valence-electron chi connectivity index (χ4n) is 3.66. The van der Waals surface area contributed by atoms with Crippen LogP contribution in [0.4, 0.5) is 5.82 Å². The fraction of sp³-hybridized carbons (Fsp3) is 0.400. The average molecular weight is 381 g/mol. The van der Waals surface area contributed by atoms with E-state index in [1.165, 1.54) is 0 Å². The summed E-state index contributed by atoms with van der Waals surface area (Å²) in [7, 11) is 0. The molecule has 0 spiro atoms. The highest BCUT2D eigenvalue weighted by Crippen LogP contribution is 2.32. The maximum Gasteiger partial charge on any atom is 0.247 e. The third-order valence-electron chi connectivity index (χ3n) is 5.03. The van der Waals surface area contributed by atoms with E-state index in [9.17, 15) is 4.79 Å². The SMILES string of the molecule is Cc1cc(NC(=O)C(c2ccccc2)N2CCC(c3nnc(C)o3)CC2)no1. The van der Waals surface area contributed by atoms with Crippen molar-refractivity contribution in [3.63, 3.8) is 0 Å². The first-order valence-corrected chi connectivity index (χ1v) is 9.43. The summed E-state index contributed by atoms with van der Waals surface area (Å²) in [5, 5.41) is 14.8. The Kier molecular flexibility index (Phi) is 5.21. The number of carbonyl (C=O) groups is 1. The summed E-state index contributed by atoms with van der Waals surface area (Å²) in [6.07, 6.45) is 1.72. The number of benzene rings is 1. The maximum atomic E-state index is 13.1. The van der Waals surface area contributed by atoms with Gasteiger partial charge in [-0.15, -0.1) is 10.2 Å². The second kappa shape index (κ2) is 7.93. The van der Waals surface area contributed by atoms with Gasteiger partial charge in [0.05, 0.1) is 0 Å². The Labute approximate surface area is 162 Å². The minimum absolute atomic E-state index is 0.119. The van der Waals surface area contributed by atoms with E-state index in [2.05, 4.69) is 25.6 Å². The van der Waals surface area contributed by atoms with Crippen LogP contribution in [0.25, 0.3) is 0 Å². The van der Waals surface area contributed by atoms with Gasteiger partial charge in [0.25, 0.3) is 0 Å². The molecule has 1 aliphatic heterocycles. The number of nitrogens with one attached hydrogen (secondary N) is 1. The number of aromatic nitrogens is 3. The topological polar surface area (TPSA) is 97.3 Å². The molecular formula is C20H23N5O3. The monoisotopic (exact) mass is 381 g/mol. The highest BCUT2D eigenvalue weighted by Gasteiger charge is 2.33. The van der Waals surface area contributed by atoms with Crippen molar-refractivity contribution >= 4 is 11.7 Å². The van der Waals surface area contributed by atoms with Gasteiger partial charge >= 0.3 is 0 Å². The van der Waals surface area contributed by atoms with Gasteiger partial charge in [-0.1, -0.05) is 35.5 Å². The number of hydrogen-bond donors (Lipinski definition) is 1. The number of hydrogen-bond acceptors (Lipinski definition) is 7. The Bertz CT molecular complexity index is 928. The number of piperidine rings is 1. The van der Waals surface area contributed by atoms with Crippen LogP contribution < -0.4 is 5.32 Å². The minimum atomic E-state index is -0.399. The van der Waals surface area contributed by atoms with Crippen molar-refractivity contribution in [2.75, 3.05) is 18.4 Å². The summed E-state index contributed by atoms with van der Waals surface area (Å²) in [4.78, 5) is 15.3. The largest absolute Gasteiger partial charge is 0.425 e. The van der Waals surface area contributed by atoms with Gasteiger partial charge in [0.1, 0.15) is 11.8 Å². The van der Waals surface area contributed by atoms with Crippen molar-refractivity contribution in [3.8, 4) is 0 Å². The van der Waals surface area contributed by atoms with Crippen LogP contribution in [-0.4, -0.2) is 39.3 Å².